The van der Waals surface area contributed by atoms with E-state index in [9.17, 15) is 0 Å². The number of rotatable bonds is 10. The largest absolute Gasteiger partial charge is 0.304 e. The van der Waals surface area contributed by atoms with Gasteiger partial charge in [0.2, 0.25) is 0 Å². The fourth-order valence-electron chi connectivity index (χ4n) is 1.79. The van der Waals surface area contributed by atoms with Crippen molar-refractivity contribution in [2.75, 3.05) is 13.6 Å². The van der Waals surface area contributed by atoms with Gasteiger partial charge in [0.05, 0.1) is 0 Å². The summed E-state index contributed by atoms with van der Waals surface area (Å²) < 4.78 is 0. The van der Waals surface area contributed by atoms with Crippen molar-refractivity contribution >= 4 is 0 Å². The molecule has 0 N–H and O–H groups in total. The maximum atomic E-state index is 4.12. The predicted octanol–water partition coefficient (Wildman–Crippen LogP) is 4.88. The molecule has 0 aliphatic heterocycles. The summed E-state index contributed by atoms with van der Waals surface area (Å²) in [5.41, 5.74) is 1.42. The average molecular weight is 239 g/mol. The molecule has 0 atom stereocenters. The standard InChI is InChI=1S/C16H33N/c1-14(2)16(5)12-10-8-7-9-11-13-17(6)15(3)4/h14-15H,5,7-13H2,1-4,6H3. The minimum Gasteiger partial charge on any atom is -0.304 e. The molecule has 0 unspecified atom stereocenters. The molecule has 0 fully saturated rings. The summed E-state index contributed by atoms with van der Waals surface area (Å²) in [5, 5.41) is 0. The van der Waals surface area contributed by atoms with Gasteiger partial charge in [0, 0.05) is 6.04 Å². The van der Waals surface area contributed by atoms with Crippen LogP contribution >= 0.6 is 0 Å². The quantitative estimate of drug-likeness (QED) is 0.388. The van der Waals surface area contributed by atoms with E-state index < -0.39 is 0 Å². The van der Waals surface area contributed by atoms with Crippen LogP contribution in [-0.4, -0.2) is 24.5 Å². The van der Waals surface area contributed by atoms with Gasteiger partial charge in [-0.05, 0) is 52.6 Å². The normalized spacial score (nSPS) is 11.8. The molecule has 0 rings (SSSR count). The maximum absolute atomic E-state index is 4.12. The molecule has 0 radical (unpaired) electrons. The Morgan fingerprint density at radius 1 is 0.941 bits per heavy atom. The number of hydrogen-bond donors (Lipinski definition) is 0. The summed E-state index contributed by atoms with van der Waals surface area (Å²) in [6.07, 6.45) is 8.04. The SMILES string of the molecule is C=C(CCCCCCCN(C)C(C)C)C(C)C. The Hall–Kier alpha value is -0.300. The molecule has 1 nitrogen and oxygen atoms in total. The lowest BCUT2D eigenvalue weighted by atomic mass is 9.98. The topological polar surface area (TPSA) is 3.24 Å². The lowest BCUT2D eigenvalue weighted by molar-refractivity contribution is 0.267. The molecule has 17 heavy (non-hydrogen) atoms. The molecule has 0 heterocycles. The second-order valence-electron chi connectivity index (χ2n) is 5.91. The Labute approximate surface area is 109 Å². The van der Waals surface area contributed by atoms with Crippen molar-refractivity contribution < 1.29 is 0 Å². The molecule has 0 bridgehead atoms. The summed E-state index contributed by atoms with van der Waals surface area (Å²) >= 11 is 0. The van der Waals surface area contributed by atoms with Crippen molar-refractivity contribution in [3.05, 3.63) is 12.2 Å². The Morgan fingerprint density at radius 2 is 1.47 bits per heavy atom. The molecule has 0 aromatic carbocycles. The van der Waals surface area contributed by atoms with Gasteiger partial charge in [-0.2, -0.15) is 0 Å². The molecule has 0 saturated heterocycles. The highest BCUT2D eigenvalue weighted by molar-refractivity contribution is 4.96. The lowest BCUT2D eigenvalue weighted by Gasteiger charge is -2.20. The predicted molar refractivity (Wildman–Crippen MR) is 79.4 cm³/mol. The van der Waals surface area contributed by atoms with E-state index in [1.807, 2.05) is 0 Å². The highest BCUT2D eigenvalue weighted by Crippen LogP contribution is 2.16. The van der Waals surface area contributed by atoms with Crippen LogP contribution in [-0.2, 0) is 0 Å². The van der Waals surface area contributed by atoms with E-state index in [1.54, 1.807) is 0 Å². The zero-order valence-electron chi connectivity index (χ0n) is 12.8. The molecule has 0 spiro atoms. The van der Waals surface area contributed by atoms with E-state index in [-0.39, 0.29) is 0 Å². The van der Waals surface area contributed by atoms with Crippen molar-refractivity contribution in [3.63, 3.8) is 0 Å². The van der Waals surface area contributed by atoms with Crippen LogP contribution < -0.4 is 0 Å². The maximum Gasteiger partial charge on any atom is 0.00355 e. The summed E-state index contributed by atoms with van der Waals surface area (Å²) in [6.45, 7) is 14.4. The van der Waals surface area contributed by atoms with Gasteiger partial charge in [-0.25, -0.2) is 0 Å². The van der Waals surface area contributed by atoms with Crippen LogP contribution in [0.3, 0.4) is 0 Å². The highest BCUT2D eigenvalue weighted by atomic mass is 15.1. The summed E-state index contributed by atoms with van der Waals surface area (Å²) in [4.78, 5) is 2.43. The van der Waals surface area contributed by atoms with Gasteiger partial charge in [0.15, 0.2) is 0 Å². The third-order valence-corrected chi connectivity index (χ3v) is 3.71. The van der Waals surface area contributed by atoms with Crippen LogP contribution in [0.4, 0.5) is 0 Å². The van der Waals surface area contributed by atoms with Gasteiger partial charge < -0.3 is 4.90 Å². The Morgan fingerprint density at radius 3 is 2.00 bits per heavy atom. The summed E-state index contributed by atoms with van der Waals surface area (Å²) in [6, 6.07) is 0.685. The van der Waals surface area contributed by atoms with Crippen molar-refractivity contribution in [1.82, 2.24) is 4.90 Å². The van der Waals surface area contributed by atoms with Gasteiger partial charge in [-0.15, -0.1) is 0 Å². The first-order valence-electron chi connectivity index (χ1n) is 7.33. The fourth-order valence-corrected chi connectivity index (χ4v) is 1.79. The molecular formula is C16H33N. The number of nitrogens with zero attached hydrogens (tertiary/aromatic N) is 1. The molecule has 0 aromatic rings. The molecule has 0 saturated carbocycles. The molecular weight excluding hydrogens is 206 g/mol. The van der Waals surface area contributed by atoms with Crippen LogP contribution in [0, 0.1) is 5.92 Å². The van der Waals surface area contributed by atoms with E-state index >= 15 is 0 Å². The van der Waals surface area contributed by atoms with Crippen LogP contribution in [0.2, 0.25) is 0 Å². The van der Waals surface area contributed by atoms with Gasteiger partial charge in [0.1, 0.15) is 0 Å². The fraction of sp³-hybridized carbons (Fsp3) is 0.875. The summed E-state index contributed by atoms with van der Waals surface area (Å²) in [7, 11) is 2.22. The van der Waals surface area contributed by atoms with Crippen molar-refractivity contribution in [3.8, 4) is 0 Å². The van der Waals surface area contributed by atoms with E-state index in [1.165, 1.54) is 50.6 Å². The van der Waals surface area contributed by atoms with E-state index in [2.05, 4.69) is 46.2 Å². The first-order valence-corrected chi connectivity index (χ1v) is 7.33. The Kier molecular flexibility index (Phi) is 9.53. The van der Waals surface area contributed by atoms with Crippen molar-refractivity contribution in [2.45, 2.75) is 72.3 Å². The van der Waals surface area contributed by atoms with Crippen molar-refractivity contribution in [1.29, 1.82) is 0 Å². The Balaban J connectivity index is 3.27. The summed E-state index contributed by atoms with van der Waals surface area (Å²) in [5.74, 6) is 0.662. The van der Waals surface area contributed by atoms with Crippen LogP contribution in [0.25, 0.3) is 0 Å². The first-order chi connectivity index (χ1) is 7.95. The van der Waals surface area contributed by atoms with Gasteiger partial charge >= 0.3 is 0 Å². The molecule has 102 valence electrons. The Bertz CT molecular complexity index is 194. The number of unbranched alkanes of at least 4 members (excludes halogenated alkanes) is 4. The third-order valence-electron chi connectivity index (χ3n) is 3.71. The van der Waals surface area contributed by atoms with Gasteiger partial charge in [-0.3, -0.25) is 0 Å². The molecule has 1 heteroatoms. The number of allylic oxidation sites excluding steroid dienone is 1. The monoisotopic (exact) mass is 239 g/mol. The zero-order valence-corrected chi connectivity index (χ0v) is 12.8. The van der Waals surface area contributed by atoms with Gasteiger partial charge in [-0.1, -0.05) is 45.3 Å². The van der Waals surface area contributed by atoms with Crippen LogP contribution in [0.5, 0.6) is 0 Å². The zero-order chi connectivity index (χ0) is 13.3. The lowest BCUT2D eigenvalue weighted by Crippen LogP contribution is -2.27. The van der Waals surface area contributed by atoms with Crippen LogP contribution in [0.15, 0.2) is 12.2 Å². The highest BCUT2D eigenvalue weighted by Gasteiger charge is 2.02. The minimum atomic E-state index is 0.662. The molecule has 0 aliphatic carbocycles. The van der Waals surface area contributed by atoms with E-state index in [0.29, 0.717) is 12.0 Å². The number of hydrogen-bond acceptors (Lipinski definition) is 1. The van der Waals surface area contributed by atoms with Crippen molar-refractivity contribution in [2.24, 2.45) is 5.92 Å². The smallest absolute Gasteiger partial charge is 0.00355 e. The van der Waals surface area contributed by atoms with E-state index in [0.717, 1.165) is 0 Å². The first kappa shape index (κ1) is 16.7. The van der Waals surface area contributed by atoms with Gasteiger partial charge in [0.25, 0.3) is 0 Å². The van der Waals surface area contributed by atoms with Crippen LogP contribution in [0.1, 0.15) is 66.2 Å². The average Bonchev–Trinajstić information content (AvgIpc) is 2.26. The second-order valence-corrected chi connectivity index (χ2v) is 5.91. The molecule has 0 aliphatic rings. The molecule has 0 amide bonds. The third kappa shape index (κ3) is 9.41. The molecule has 0 aromatic heterocycles. The second kappa shape index (κ2) is 9.70. The minimum absolute atomic E-state index is 0.662. The van der Waals surface area contributed by atoms with E-state index in [4.69, 9.17) is 0 Å².